The first kappa shape index (κ1) is 41.4. The second kappa shape index (κ2) is 17.9. The Morgan fingerprint density at radius 3 is 1.95 bits per heavy atom. The zero-order chi connectivity index (χ0) is 40.1. The Labute approximate surface area is 344 Å². The van der Waals surface area contributed by atoms with Crippen molar-refractivity contribution in [3.05, 3.63) is 113 Å². The van der Waals surface area contributed by atoms with Crippen molar-refractivity contribution in [2.45, 2.75) is 64.9 Å². The van der Waals surface area contributed by atoms with Gasteiger partial charge in [-0.25, -0.2) is 4.79 Å². The fraction of sp³-hybridized carbons (Fsp3) is 0.366. The molecule has 2 aromatic heterocycles. The molecule has 296 valence electrons. The highest BCUT2D eigenvalue weighted by Crippen LogP contribution is 2.32. The molecular weight excluding hydrogens is 802 g/mol. The van der Waals surface area contributed by atoms with Gasteiger partial charge < -0.3 is 37.9 Å². The Kier molecular flexibility index (Phi) is 13.2. The van der Waals surface area contributed by atoms with Gasteiger partial charge in [0, 0.05) is 71.7 Å². The Morgan fingerprint density at radius 2 is 1.36 bits per heavy atom. The number of pyridine rings is 2. The first-order valence-electron chi connectivity index (χ1n) is 18.2. The summed E-state index contributed by atoms with van der Waals surface area (Å²) in [5.41, 5.74) is 1.20. The number of rotatable bonds is 8. The van der Waals surface area contributed by atoms with E-state index in [2.05, 4.69) is 4.90 Å². The zero-order valence-corrected chi connectivity index (χ0v) is 34.3. The molecule has 0 aliphatic carbocycles. The van der Waals surface area contributed by atoms with Gasteiger partial charge in [-0.15, -0.1) is 0 Å². The van der Waals surface area contributed by atoms with E-state index in [1.54, 1.807) is 34.9 Å². The molecular formula is C41H42Cl4N4O7. The molecule has 0 unspecified atom stereocenters. The van der Waals surface area contributed by atoms with Crippen LogP contribution >= 0.6 is 46.4 Å². The van der Waals surface area contributed by atoms with Crippen LogP contribution in [0.4, 0.5) is 4.79 Å². The summed E-state index contributed by atoms with van der Waals surface area (Å²) in [4.78, 5) is 52.4. The Morgan fingerprint density at radius 1 is 0.786 bits per heavy atom. The first-order valence-corrected chi connectivity index (χ1v) is 19.7. The van der Waals surface area contributed by atoms with Gasteiger partial charge in [0.1, 0.15) is 25.1 Å². The molecule has 0 N–H and O–H groups in total. The molecule has 0 spiro atoms. The fourth-order valence-corrected chi connectivity index (χ4v) is 7.70. The van der Waals surface area contributed by atoms with Gasteiger partial charge in [0.05, 0.1) is 27.6 Å². The Balaban J connectivity index is 0.000000277. The third-order valence-electron chi connectivity index (χ3n) is 9.53. The third kappa shape index (κ3) is 9.99. The van der Waals surface area contributed by atoms with Crippen molar-refractivity contribution >= 4 is 80.6 Å². The van der Waals surface area contributed by atoms with E-state index in [0.717, 1.165) is 48.1 Å². The van der Waals surface area contributed by atoms with Crippen molar-refractivity contribution in [3.63, 3.8) is 0 Å². The lowest BCUT2D eigenvalue weighted by Crippen LogP contribution is -2.49. The largest absolute Gasteiger partial charge is 0.486 e. The number of aldehydes is 1. The molecule has 56 heavy (non-hydrogen) atoms. The molecule has 0 bridgehead atoms. The van der Waals surface area contributed by atoms with E-state index < -0.39 is 5.60 Å². The van der Waals surface area contributed by atoms with E-state index in [9.17, 15) is 19.2 Å². The monoisotopic (exact) mass is 842 g/mol. The maximum absolute atomic E-state index is 13.3. The van der Waals surface area contributed by atoms with Crippen LogP contribution in [0, 0.1) is 0 Å². The molecule has 0 radical (unpaired) electrons. The highest BCUT2D eigenvalue weighted by molar-refractivity contribution is 6.36. The number of ether oxygens (including phenoxy) is 3. The van der Waals surface area contributed by atoms with Crippen LogP contribution in [0.1, 0.15) is 39.2 Å². The number of amides is 1. The van der Waals surface area contributed by atoms with Crippen molar-refractivity contribution in [2.24, 2.45) is 0 Å². The molecule has 1 fully saturated rings. The normalized spacial score (nSPS) is 14.6. The highest BCUT2D eigenvalue weighted by Gasteiger charge is 2.32. The lowest BCUT2D eigenvalue weighted by Gasteiger charge is -2.39. The summed E-state index contributed by atoms with van der Waals surface area (Å²) in [6, 6.07) is 19.0. The molecule has 4 heterocycles. The van der Waals surface area contributed by atoms with Crippen LogP contribution in [0.3, 0.4) is 0 Å². The van der Waals surface area contributed by atoms with Crippen LogP contribution in [0.25, 0.3) is 21.8 Å². The third-order valence-corrected chi connectivity index (χ3v) is 10.6. The van der Waals surface area contributed by atoms with Crippen molar-refractivity contribution in [1.82, 2.24) is 18.9 Å². The van der Waals surface area contributed by atoms with Crippen molar-refractivity contribution in [1.29, 1.82) is 0 Å². The van der Waals surface area contributed by atoms with Gasteiger partial charge in [-0.3, -0.25) is 9.59 Å². The summed E-state index contributed by atoms with van der Waals surface area (Å²) in [5.74, 6) is 1.43. The number of halogens is 4. The smallest absolute Gasteiger partial charge is 0.410 e. The topological polar surface area (TPSA) is 112 Å². The number of benzene rings is 3. The number of fused-ring (bicyclic) bond motifs is 3. The van der Waals surface area contributed by atoms with E-state index in [0.29, 0.717) is 75.9 Å². The molecule has 0 saturated carbocycles. The van der Waals surface area contributed by atoms with E-state index >= 15 is 0 Å². The van der Waals surface area contributed by atoms with Crippen LogP contribution in [0.2, 0.25) is 20.1 Å². The van der Waals surface area contributed by atoms with E-state index in [1.807, 2.05) is 49.9 Å². The second-order valence-corrected chi connectivity index (χ2v) is 16.3. The van der Waals surface area contributed by atoms with Crippen molar-refractivity contribution in [2.75, 3.05) is 32.8 Å². The van der Waals surface area contributed by atoms with Gasteiger partial charge in [0.15, 0.2) is 11.5 Å². The van der Waals surface area contributed by atoms with E-state index in [4.69, 9.17) is 60.6 Å². The average molecular weight is 845 g/mol. The number of carbonyl (C=O) groups excluding carboxylic acids is 2. The molecule has 5 aromatic rings. The van der Waals surface area contributed by atoms with E-state index in [-0.39, 0.29) is 29.8 Å². The van der Waals surface area contributed by atoms with Gasteiger partial charge in [-0.05, 0) is 87.7 Å². The standard InChI is InChI=1S/C30H35Cl2N3O5.C11H7Cl2NO2/c1-30(2,3)40-29(37)35(19-20-4-7-26-27(16-20)39-15-14-38-26)22-8-10-33(11-9-22)12-13-34-25-17-21(31)5-6-23(25)24(32)18-28(34)36;12-7-1-2-8-9(13)6-11(16)14(3-4-15)10(8)5-7/h4-7,16-18,22H,8-15,19H2,1-3H3;1-2,4-6H,3H2. The SMILES string of the molecule is CC(C)(C)OC(=O)N(Cc1ccc2c(c1)OCCO2)C1CCN(CCn2c(=O)cc(Cl)c3ccc(Cl)cc32)CC1.O=CCn1c(=O)cc(Cl)c2ccc(Cl)cc21. The summed E-state index contributed by atoms with van der Waals surface area (Å²) in [6.45, 7) is 9.91. The highest BCUT2D eigenvalue weighted by atomic mass is 35.5. The molecule has 3 aromatic carbocycles. The number of hydrogen-bond acceptors (Lipinski definition) is 8. The van der Waals surface area contributed by atoms with Crippen LogP contribution in [0.15, 0.2) is 76.3 Å². The Hall–Kier alpha value is -4.26. The average Bonchev–Trinajstić information content (AvgIpc) is 3.15. The maximum Gasteiger partial charge on any atom is 0.410 e. The van der Waals surface area contributed by atoms with Crippen LogP contribution < -0.4 is 20.6 Å². The summed E-state index contributed by atoms with van der Waals surface area (Å²) in [6.07, 6.45) is 1.94. The predicted octanol–water partition coefficient (Wildman–Crippen LogP) is 8.49. The number of piperidine rings is 1. The number of nitrogens with zero attached hydrogens (tertiary/aromatic N) is 4. The van der Waals surface area contributed by atoms with Gasteiger partial charge >= 0.3 is 6.09 Å². The second-order valence-electron chi connectivity index (χ2n) is 14.6. The minimum Gasteiger partial charge on any atom is -0.486 e. The van der Waals surface area contributed by atoms with Gasteiger partial charge in [-0.1, -0.05) is 52.5 Å². The molecule has 15 heteroatoms. The minimum atomic E-state index is -0.597. The maximum atomic E-state index is 13.3. The summed E-state index contributed by atoms with van der Waals surface area (Å²) in [7, 11) is 0. The molecule has 7 rings (SSSR count). The molecule has 1 amide bonds. The summed E-state index contributed by atoms with van der Waals surface area (Å²) in [5, 5.41) is 3.34. The first-order chi connectivity index (χ1) is 26.7. The van der Waals surface area contributed by atoms with Gasteiger partial charge in [0.25, 0.3) is 11.1 Å². The van der Waals surface area contributed by atoms with Crippen molar-refractivity contribution < 1.29 is 23.8 Å². The molecule has 11 nitrogen and oxygen atoms in total. The summed E-state index contributed by atoms with van der Waals surface area (Å²) < 4.78 is 20.3. The minimum absolute atomic E-state index is 0.00710. The summed E-state index contributed by atoms with van der Waals surface area (Å²) >= 11 is 24.3. The molecule has 1 saturated heterocycles. The molecule has 2 aliphatic heterocycles. The van der Waals surface area contributed by atoms with Crippen molar-refractivity contribution in [3.8, 4) is 11.5 Å². The number of hydrogen-bond donors (Lipinski definition) is 0. The van der Waals surface area contributed by atoms with Crippen LogP contribution in [-0.2, 0) is 29.2 Å². The van der Waals surface area contributed by atoms with E-state index in [1.165, 1.54) is 16.7 Å². The molecule has 2 aliphatic rings. The lowest BCUT2D eigenvalue weighted by atomic mass is 10.0. The van der Waals surface area contributed by atoms with Gasteiger partial charge in [0.2, 0.25) is 0 Å². The van der Waals surface area contributed by atoms with Crippen LogP contribution in [-0.4, -0.2) is 75.8 Å². The zero-order valence-electron chi connectivity index (χ0n) is 31.2. The number of aromatic nitrogens is 2. The predicted molar refractivity (Wildman–Crippen MR) is 221 cm³/mol. The fourth-order valence-electron chi connectivity index (χ4n) is 6.86. The van der Waals surface area contributed by atoms with Crippen LogP contribution in [0.5, 0.6) is 11.5 Å². The molecule has 0 atom stereocenters. The lowest BCUT2D eigenvalue weighted by molar-refractivity contribution is -0.108. The quantitative estimate of drug-likeness (QED) is 0.143. The van der Waals surface area contributed by atoms with Gasteiger partial charge in [-0.2, -0.15) is 0 Å². The Bertz CT molecular complexity index is 2370. The number of likely N-dealkylation sites (tertiary alicyclic amines) is 1. The number of carbonyl (C=O) groups is 2.